The van der Waals surface area contributed by atoms with E-state index in [2.05, 4.69) is 9.80 Å². The Morgan fingerprint density at radius 3 is 2.52 bits per heavy atom. The molecule has 1 aromatic carbocycles. The number of aliphatic hydroxyl groups excluding tert-OH is 1. The highest BCUT2D eigenvalue weighted by atomic mass is 16.5. The Hall–Kier alpha value is -1.59. The standard InChI is InChI=1S/C18H28N2O3/c1-3-17(21)20(15-8-6-5-7-9-15)16-10-12-19(13-11-16)14-18(22)23-4-2/h5-9,16-17,21H,3-4,10-14H2,1-2H3. The first-order chi connectivity index (χ1) is 11.2. The summed E-state index contributed by atoms with van der Waals surface area (Å²) in [5.74, 6) is -0.153. The van der Waals surface area contributed by atoms with Gasteiger partial charge in [0, 0.05) is 24.8 Å². The maximum Gasteiger partial charge on any atom is 0.320 e. The predicted molar refractivity (Wildman–Crippen MR) is 91.3 cm³/mol. The van der Waals surface area contributed by atoms with E-state index >= 15 is 0 Å². The van der Waals surface area contributed by atoms with Gasteiger partial charge >= 0.3 is 5.97 Å². The number of esters is 1. The van der Waals surface area contributed by atoms with Gasteiger partial charge in [-0.2, -0.15) is 0 Å². The van der Waals surface area contributed by atoms with Crippen molar-refractivity contribution >= 4 is 11.7 Å². The Bertz CT molecular complexity index is 472. The highest BCUT2D eigenvalue weighted by molar-refractivity contribution is 5.71. The smallest absolute Gasteiger partial charge is 0.320 e. The molecular weight excluding hydrogens is 292 g/mol. The minimum absolute atomic E-state index is 0.153. The van der Waals surface area contributed by atoms with Gasteiger partial charge in [0.05, 0.1) is 13.2 Å². The lowest BCUT2D eigenvalue weighted by molar-refractivity contribution is -0.144. The van der Waals surface area contributed by atoms with E-state index in [1.54, 1.807) is 0 Å². The van der Waals surface area contributed by atoms with Crippen molar-refractivity contribution in [3.8, 4) is 0 Å². The first-order valence-corrected chi connectivity index (χ1v) is 8.55. The van der Waals surface area contributed by atoms with Gasteiger partial charge in [-0.1, -0.05) is 25.1 Å². The van der Waals surface area contributed by atoms with Crippen LogP contribution in [0.2, 0.25) is 0 Å². The molecule has 0 radical (unpaired) electrons. The van der Waals surface area contributed by atoms with Crippen molar-refractivity contribution in [1.82, 2.24) is 4.90 Å². The lowest BCUT2D eigenvalue weighted by atomic mass is 10.0. The van der Waals surface area contributed by atoms with Gasteiger partial charge in [-0.3, -0.25) is 9.69 Å². The maximum atomic E-state index is 11.6. The van der Waals surface area contributed by atoms with Gasteiger partial charge in [-0.25, -0.2) is 0 Å². The number of ether oxygens (including phenoxy) is 1. The summed E-state index contributed by atoms with van der Waals surface area (Å²) in [4.78, 5) is 15.9. The predicted octanol–water partition coefficient (Wildman–Crippen LogP) is 2.25. The van der Waals surface area contributed by atoms with Crippen LogP contribution in [-0.2, 0) is 9.53 Å². The van der Waals surface area contributed by atoms with Crippen molar-refractivity contribution in [1.29, 1.82) is 0 Å². The number of rotatable bonds is 7. The molecule has 23 heavy (non-hydrogen) atoms. The van der Waals surface area contributed by atoms with Gasteiger partial charge in [0.15, 0.2) is 0 Å². The van der Waals surface area contributed by atoms with Crippen LogP contribution >= 0.6 is 0 Å². The average molecular weight is 320 g/mol. The zero-order chi connectivity index (χ0) is 16.7. The van der Waals surface area contributed by atoms with E-state index < -0.39 is 6.23 Å². The Kier molecular flexibility index (Phi) is 6.86. The number of carbonyl (C=O) groups excluding carboxylic acids is 1. The monoisotopic (exact) mass is 320 g/mol. The number of hydrogen-bond acceptors (Lipinski definition) is 5. The molecule has 1 N–H and O–H groups in total. The molecule has 1 heterocycles. The molecule has 1 aliphatic heterocycles. The number of anilines is 1. The van der Waals surface area contributed by atoms with Crippen molar-refractivity contribution in [2.75, 3.05) is 31.1 Å². The van der Waals surface area contributed by atoms with Gasteiger partial charge in [0.1, 0.15) is 6.23 Å². The second kappa shape index (κ2) is 8.89. The van der Waals surface area contributed by atoms with Gasteiger partial charge in [-0.05, 0) is 38.3 Å². The van der Waals surface area contributed by atoms with Crippen LogP contribution in [-0.4, -0.2) is 54.5 Å². The van der Waals surface area contributed by atoms with Gasteiger partial charge in [0.25, 0.3) is 0 Å². The lowest BCUT2D eigenvalue weighted by Crippen LogP contribution is -2.50. The second-order valence-electron chi connectivity index (χ2n) is 5.94. The molecule has 0 amide bonds. The van der Waals surface area contributed by atoms with Crippen LogP contribution < -0.4 is 4.90 Å². The minimum atomic E-state index is -0.473. The summed E-state index contributed by atoms with van der Waals surface area (Å²) < 4.78 is 5.01. The minimum Gasteiger partial charge on any atom is -0.465 e. The topological polar surface area (TPSA) is 53.0 Å². The SMILES string of the molecule is CCOC(=O)CN1CCC(N(c2ccccc2)C(O)CC)CC1. The molecule has 128 valence electrons. The highest BCUT2D eigenvalue weighted by Crippen LogP contribution is 2.26. The number of likely N-dealkylation sites (tertiary alicyclic amines) is 1. The number of nitrogens with zero attached hydrogens (tertiary/aromatic N) is 2. The van der Waals surface area contributed by atoms with Crippen LogP contribution in [0.15, 0.2) is 30.3 Å². The molecule has 2 rings (SSSR count). The molecule has 1 atom stereocenters. The Balaban J connectivity index is 1.96. The van der Waals surface area contributed by atoms with E-state index in [0.29, 0.717) is 25.6 Å². The summed E-state index contributed by atoms with van der Waals surface area (Å²) in [6.45, 7) is 6.32. The fourth-order valence-corrected chi connectivity index (χ4v) is 3.17. The van der Waals surface area contributed by atoms with E-state index in [1.165, 1.54) is 0 Å². The Labute approximate surface area is 138 Å². The van der Waals surface area contributed by atoms with Gasteiger partial charge in [0.2, 0.25) is 0 Å². The molecule has 5 nitrogen and oxygen atoms in total. The summed E-state index contributed by atoms with van der Waals surface area (Å²) in [7, 11) is 0. The van der Waals surface area contributed by atoms with Crippen molar-refractivity contribution < 1.29 is 14.6 Å². The highest BCUT2D eigenvalue weighted by Gasteiger charge is 2.29. The van der Waals surface area contributed by atoms with Crippen LogP contribution in [0.1, 0.15) is 33.1 Å². The second-order valence-corrected chi connectivity index (χ2v) is 5.94. The normalized spacial score (nSPS) is 17.7. The molecular formula is C18H28N2O3. The zero-order valence-corrected chi connectivity index (χ0v) is 14.1. The van der Waals surface area contributed by atoms with Crippen LogP contribution in [0.25, 0.3) is 0 Å². The average Bonchev–Trinajstić information content (AvgIpc) is 2.57. The van der Waals surface area contributed by atoms with E-state index in [4.69, 9.17) is 4.74 Å². The first kappa shape index (κ1) is 17.8. The summed E-state index contributed by atoms with van der Waals surface area (Å²) in [6, 6.07) is 10.4. The number of aliphatic hydroxyl groups is 1. The summed E-state index contributed by atoms with van der Waals surface area (Å²) in [5.41, 5.74) is 1.06. The molecule has 1 aromatic rings. The quantitative estimate of drug-likeness (QED) is 0.617. The van der Waals surface area contributed by atoms with Gasteiger partial charge in [-0.15, -0.1) is 0 Å². The zero-order valence-electron chi connectivity index (χ0n) is 14.1. The summed E-state index contributed by atoms with van der Waals surface area (Å²) in [6.07, 6.45) is 2.09. The van der Waals surface area contributed by atoms with Crippen molar-refractivity contribution in [3.63, 3.8) is 0 Å². The fourth-order valence-electron chi connectivity index (χ4n) is 3.17. The fraction of sp³-hybridized carbons (Fsp3) is 0.611. The molecule has 1 aliphatic rings. The van der Waals surface area contributed by atoms with Crippen LogP contribution in [0.4, 0.5) is 5.69 Å². The Morgan fingerprint density at radius 1 is 1.30 bits per heavy atom. The van der Waals surface area contributed by atoms with Crippen LogP contribution in [0, 0.1) is 0 Å². The Morgan fingerprint density at radius 2 is 1.96 bits per heavy atom. The molecule has 0 spiro atoms. The van der Waals surface area contributed by atoms with Crippen molar-refractivity contribution in [2.24, 2.45) is 0 Å². The van der Waals surface area contributed by atoms with E-state index in [9.17, 15) is 9.90 Å². The summed E-state index contributed by atoms with van der Waals surface area (Å²) >= 11 is 0. The molecule has 1 unspecified atom stereocenters. The number of para-hydroxylation sites is 1. The van der Waals surface area contributed by atoms with E-state index in [1.807, 2.05) is 44.2 Å². The van der Waals surface area contributed by atoms with Crippen molar-refractivity contribution in [2.45, 2.75) is 45.4 Å². The van der Waals surface area contributed by atoms with Gasteiger partial charge < -0.3 is 14.7 Å². The maximum absolute atomic E-state index is 11.6. The number of piperidine rings is 1. The molecule has 0 aliphatic carbocycles. The lowest BCUT2D eigenvalue weighted by Gasteiger charge is -2.41. The largest absolute Gasteiger partial charge is 0.465 e. The molecule has 0 aromatic heterocycles. The van der Waals surface area contributed by atoms with Crippen LogP contribution in [0.5, 0.6) is 0 Å². The number of carbonyl (C=O) groups is 1. The molecule has 5 heteroatoms. The third kappa shape index (κ3) is 4.94. The molecule has 0 saturated carbocycles. The number of hydrogen-bond donors (Lipinski definition) is 1. The van der Waals surface area contributed by atoms with Crippen molar-refractivity contribution in [3.05, 3.63) is 30.3 Å². The first-order valence-electron chi connectivity index (χ1n) is 8.55. The molecule has 0 bridgehead atoms. The third-order valence-corrected chi connectivity index (χ3v) is 4.35. The molecule has 1 fully saturated rings. The summed E-state index contributed by atoms with van der Waals surface area (Å²) in [5, 5.41) is 10.4. The third-order valence-electron chi connectivity index (χ3n) is 4.35. The number of benzene rings is 1. The van der Waals surface area contributed by atoms with Crippen LogP contribution in [0.3, 0.4) is 0 Å². The van der Waals surface area contributed by atoms with E-state index in [0.717, 1.165) is 31.6 Å². The molecule has 1 saturated heterocycles. The van der Waals surface area contributed by atoms with E-state index in [-0.39, 0.29) is 5.97 Å².